The van der Waals surface area contributed by atoms with Gasteiger partial charge in [0, 0.05) is 30.9 Å². The van der Waals surface area contributed by atoms with Crippen LogP contribution in [-0.4, -0.2) is 44.5 Å². The Kier molecular flexibility index (Phi) is 6.17. The first kappa shape index (κ1) is 22.5. The minimum absolute atomic E-state index is 0.0204. The van der Waals surface area contributed by atoms with Gasteiger partial charge in [0.25, 0.3) is 5.91 Å². The van der Waals surface area contributed by atoms with E-state index >= 15 is 0 Å². The van der Waals surface area contributed by atoms with E-state index in [0.29, 0.717) is 34.5 Å². The third-order valence-corrected chi connectivity index (χ3v) is 6.87. The highest BCUT2D eigenvalue weighted by molar-refractivity contribution is 7.89. The van der Waals surface area contributed by atoms with Gasteiger partial charge in [-0.3, -0.25) is 4.79 Å². The number of nitrogens with zero attached hydrogens (tertiary/aromatic N) is 2. The van der Waals surface area contributed by atoms with E-state index in [1.807, 2.05) is 30.3 Å². The van der Waals surface area contributed by atoms with Crippen molar-refractivity contribution in [3.63, 3.8) is 0 Å². The molecule has 1 heterocycles. The zero-order valence-corrected chi connectivity index (χ0v) is 19.2. The number of anilines is 1. The molecule has 1 amide bonds. The molecule has 170 valence electrons. The van der Waals surface area contributed by atoms with Crippen LogP contribution in [0.4, 0.5) is 5.69 Å². The maximum absolute atomic E-state index is 13.0. The summed E-state index contributed by atoms with van der Waals surface area (Å²) in [5, 5.41) is 7.54. The summed E-state index contributed by atoms with van der Waals surface area (Å²) in [6.07, 6.45) is 0. The van der Waals surface area contributed by atoms with Gasteiger partial charge in [0.15, 0.2) is 5.76 Å². The summed E-state index contributed by atoms with van der Waals surface area (Å²) in [6.45, 7) is 2.08. The van der Waals surface area contributed by atoms with E-state index in [4.69, 9.17) is 9.26 Å². The number of hydrogen-bond acceptors (Lipinski definition) is 6. The summed E-state index contributed by atoms with van der Waals surface area (Å²) >= 11 is 0. The van der Waals surface area contributed by atoms with Crippen molar-refractivity contribution in [3.8, 4) is 17.1 Å². The van der Waals surface area contributed by atoms with Crippen molar-refractivity contribution in [2.45, 2.75) is 11.8 Å². The molecule has 0 saturated heterocycles. The van der Waals surface area contributed by atoms with Gasteiger partial charge in [0.1, 0.15) is 16.2 Å². The van der Waals surface area contributed by atoms with Crippen LogP contribution in [0.1, 0.15) is 17.3 Å². The van der Waals surface area contributed by atoms with Crippen LogP contribution in [0.5, 0.6) is 5.75 Å². The maximum Gasteiger partial charge on any atom is 0.255 e. The Balaban J connectivity index is 1.67. The second-order valence-corrected chi connectivity index (χ2v) is 9.57. The van der Waals surface area contributed by atoms with Gasteiger partial charge in [-0.1, -0.05) is 35.5 Å². The molecule has 0 saturated carbocycles. The van der Waals surface area contributed by atoms with Crippen molar-refractivity contribution in [2.75, 3.05) is 26.0 Å². The van der Waals surface area contributed by atoms with E-state index < -0.39 is 15.9 Å². The number of carbonyl (C=O) groups is 1. The molecule has 0 unspecified atom stereocenters. The zero-order chi connectivity index (χ0) is 23.6. The number of aromatic nitrogens is 1. The molecular formula is C24H23N3O5S. The second kappa shape index (κ2) is 9.05. The van der Waals surface area contributed by atoms with Crippen LogP contribution in [0.2, 0.25) is 0 Å². The van der Waals surface area contributed by atoms with Crippen LogP contribution >= 0.6 is 0 Å². The lowest BCUT2D eigenvalue weighted by Crippen LogP contribution is -2.23. The average Bonchev–Trinajstić information content (AvgIpc) is 3.24. The standard InChI is InChI=1S/C24H23N3O5S/c1-4-31-21-13-11-18(15-22(21)33(29,30)27(2)3)25-24(28)17-10-12-20-19(14-17)23(32-26-20)16-8-6-5-7-9-16/h5-15H,4H2,1-3H3,(H,25,28). The Morgan fingerprint density at radius 1 is 1.06 bits per heavy atom. The van der Waals surface area contributed by atoms with Crippen LogP contribution in [0.3, 0.4) is 0 Å². The summed E-state index contributed by atoms with van der Waals surface area (Å²) in [6, 6.07) is 19.1. The molecule has 9 heteroatoms. The fraction of sp³-hybridized carbons (Fsp3) is 0.167. The number of nitrogens with one attached hydrogen (secondary N) is 1. The largest absolute Gasteiger partial charge is 0.492 e. The first-order chi connectivity index (χ1) is 15.8. The van der Waals surface area contributed by atoms with E-state index in [0.717, 1.165) is 9.87 Å². The van der Waals surface area contributed by atoms with Gasteiger partial charge >= 0.3 is 0 Å². The molecule has 0 aliphatic rings. The van der Waals surface area contributed by atoms with Crippen molar-refractivity contribution in [3.05, 3.63) is 72.3 Å². The molecule has 0 bridgehead atoms. The third kappa shape index (κ3) is 4.46. The molecule has 0 fully saturated rings. The normalized spacial score (nSPS) is 11.6. The molecule has 1 aromatic heterocycles. The Hall–Kier alpha value is -3.69. The monoisotopic (exact) mass is 465 g/mol. The van der Waals surface area contributed by atoms with Crippen molar-refractivity contribution in [1.82, 2.24) is 9.46 Å². The summed E-state index contributed by atoms with van der Waals surface area (Å²) in [5.74, 6) is 0.401. The summed E-state index contributed by atoms with van der Waals surface area (Å²) in [4.78, 5) is 13.0. The number of ether oxygens (including phenoxy) is 1. The van der Waals surface area contributed by atoms with Gasteiger partial charge in [-0.2, -0.15) is 0 Å². The number of carbonyl (C=O) groups excluding carboxylic acids is 1. The van der Waals surface area contributed by atoms with Crippen LogP contribution in [0.15, 0.2) is 76.1 Å². The summed E-state index contributed by atoms with van der Waals surface area (Å²) < 4.78 is 37.6. The van der Waals surface area contributed by atoms with Gasteiger partial charge in [-0.05, 0) is 43.3 Å². The molecule has 0 radical (unpaired) electrons. The molecule has 0 spiro atoms. The topological polar surface area (TPSA) is 102 Å². The molecule has 0 atom stereocenters. The van der Waals surface area contributed by atoms with Crippen molar-refractivity contribution in [1.29, 1.82) is 0 Å². The number of fused-ring (bicyclic) bond motifs is 1. The van der Waals surface area contributed by atoms with Gasteiger partial charge in [0.05, 0.1) is 12.0 Å². The highest BCUT2D eigenvalue weighted by Gasteiger charge is 2.23. The molecule has 33 heavy (non-hydrogen) atoms. The fourth-order valence-corrected chi connectivity index (χ4v) is 4.39. The number of rotatable bonds is 7. The summed E-state index contributed by atoms with van der Waals surface area (Å²) in [5.41, 5.74) is 2.19. The molecule has 4 rings (SSSR count). The molecule has 8 nitrogen and oxygen atoms in total. The van der Waals surface area contributed by atoms with E-state index in [9.17, 15) is 13.2 Å². The maximum atomic E-state index is 13.0. The Labute approximate surface area is 191 Å². The highest BCUT2D eigenvalue weighted by Crippen LogP contribution is 2.31. The van der Waals surface area contributed by atoms with E-state index in [-0.39, 0.29) is 10.6 Å². The minimum atomic E-state index is -3.77. The lowest BCUT2D eigenvalue weighted by molar-refractivity contribution is 0.102. The highest BCUT2D eigenvalue weighted by atomic mass is 32.2. The quantitative estimate of drug-likeness (QED) is 0.434. The molecular weight excluding hydrogens is 442 g/mol. The predicted octanol–water partition coefficient (Wildman–Crippen LogP) is 4.40. The van der Waals surface area contributed by atoms with Crippen molar-refractivity contribution >= 4 is 32.5 Å². The lowest BCUT2D eigenvalue weighted by Gasteiger charge is -2.16. The SMILES string of the molecule is CCOc1ccc(NC(=O)c2ccc3noc(-c4ccccc4)c3c2)cc1S(=O)(=O)N(C)C. The van der Waals surface area contributed by atoms with Gasteiger partial charge in [0.2, 0.25) is 10.0 Å². The van der Waals surface area contributed by atoms with Gasteiger partial charge in [-0.25, -0.2) is 12.7 Å². The van der Waals surface area contributed by atoms with Crippen LogP contribution in [0.25, 0.3) is 22.2 Å². The zero-order valence-electron chi connectivity index (χ0n) is 18.4. The minimum Gasteiger partial charge on any atom is -0.492 e. The number of amides is 1. The van der Waals surface area contributed by atoms with Crippen LogP contribution in [0, 0.1) is 0 Å². The lowest BCUT2D eigenvalue weighted by atomic mass is 10.1. The first-order valence-electron chi connectivity index (χ1n) is 10.3. The predicted molar refractivity (Wildman–Crippen MR) is 126 cm³/mol. The molecule has 0 aliphatic heterocycles. The smallest absolute Gasteiger partial charge is 0.255 e. The number of hydrogen-bond donors (Lipinski definition) is 1. The van der Waals surface area contributed by atoms with Crippen molar-refractivity contribution in [2.24, 2.45) is 0 Å². The van der Waals surface area contributed by atoms with Gasteiger partial charge < -0.3 is 14.6 Å². The van der Waals surface area contributed by atoms with Crippen molar-refractivity contribution < 1.29 is 22.5 Å². The average molecular weight is 466 g/mol. The fourth-order valence-electron chi connectivity index (χ4n) is 3.34. The van der Waals surface area contributed by atoms with E-state index in [2.05, 4.69) is 10.5 Å². The van der Waals surface area contributed by atoms with Crippen LogP contribution in [-0.2, 0) is 10.0 Å². The molecule has 3 aromatic carbocycles. The Morgan fingerprint density at radius 2 is 1.82 bits per heavy atom. The van der Waals surface area contributed by atoms with E-state index in [1.165, 1.54) is 26.2 Å². The third-order valence-electron chi connectivity index (χ3n) is 5.03. The summed E-state index contributed by atoms with van der Waals surface area (Å²) in [7, 11) is -0.895. The molecule has 4 aromatic rings. The molecule has 0 aliphatic carbocycles. The number of benzene rings is 3. The van der Waals surface area contributed by atoms with Crippen LogP contribution < -0.4 is 10.1 Å². The van der Waals surface area contributed by atoms with E-state index in [1.54, 1.807) is 31.2 Å². The Morgan fingerprint density at radius 3 is 2.52 bits per heavy atom. The Bertz CT molecular complexity index is 1410. The second-order valence-electron chi connectivity index (χ2n) is 7.45. The number of sulfonamides is 1. The first-order valence-corrected chi connectivity index (χ1v) is 11.7. The van der Waals surface area contributed by atoms with Gasteiger partial charge in [-0.15, -0.1) is 0 Å². The molecule has 1 N–H and O–H groups in total.